The van der Waals surface area contributed by atoms with E-state index in [1.807, 2.05) is 0 Å². The number of hydrogen-bond donors (Lipinski definition) is 1. The molecule has 0 unspecified atom stereocenters. The fraction of sp³-hybridized carbons (Fsp3) is 0.444. The van der Waals surface area contributed by atoms with E-state index >= 15 is 0 Å². The van der Waals surface area contributed by atoms with Crippen LogP contribution in [0.25, 0.3) is 0 Å². The van der Waals surface area contributed by atoms with Gasteiger partial charge in [-0.1, -0.05) is 11.6 Å². The van der Waals surface area contributed by atoms with Crippen molar-refractivity contribution in [3.05, 3.63) is 28.0 Å². The summed E-state index contributed by atoms with van der Waals surface area (Å²) in [6, 6.07) is 1.76. The maximum absolute atomic E-state index is 9.04. The van der Waals surface area contributed by atoms with Crippen LogP contribution in [0.2, 0.25) is 5.15 Å². The summed E-state index contributed by atoms with van der Waals surface area (Å²) in [6.45, 7) is 0.0740. The van der Waals surface area contributed by atoms with Gasteiger partial charge in [0, 0.05) is 5.69 Å². The SMILES string of the molecule is OCc1cc(Cl)nc2c1CCC2. The molecule has 0 fully saturated rings. The van der Waals surface area contributed by atoms with Gasteiger partial charge in [0.25, 0.3) is 0 Å². The average molecular weight is 184 g/mol. The maximum atomic E-state index is 9.04. The molecule has 0 bridgehead atoms. The Morgan fingerprint density at radius 3 is 3.08 bits per heavy atom. The lowest BCUT2D eigenvalue weighted by Crippen LogP contribution is -1.96. The van der Waals surface area contributed by atoms with Gasteiger partial charge in [-0.2, -0.15) is 0 Å². The summed E-state index contributed by atoms with van der Waals surface area (Å²) in [6.07, 6.45) is 3.17. The van der Waals surface area contributed by atoms with E-state index in [4.69, 9.17) is 16.7 Å². The van der Waals surface area contributed by atoms with Gasteiger partial charge >= 0.3 is 0 Å². The highest BCUT2D eigenvalue weighted by molar-refractivity contribution is 6.29. The van der Waals surface area contributed by atoms with E-state index in [-0.39, 0.29) is 6.61 Å². The van der Waals surface area contributed by atoms with Gasteiger partial charge in [-0.25, -0.2) is 4.98 Å². The molecule has 0 amide bonds. The Hall–Kier alpha value is -0.600. The molecule has 1 aliphatic rings. The van der Waals surface area contributed by atoms with Gasteiger partial charge in [-0.05, 0) is 36.5 Å². The van der Waals surface area contributed by atoms with Gasteiger partial charge < -0.3 is 5.11 Å². The summed E-state index contributed by atoms with van der Waals surface area (Å²) < 4.78 is 0. The van der Waals surface area contributed by atoms with E-state index in [2.05, 4.69) is 4.98 Å². The minimum atomic E-state index is 0.0740. The fourth-order valence-corrected chi connectivity index (χ4v) is 1.96. The number of aryl methyl sites for hydroxylation is 1. The largest absolute Gasteiger partial charge is 0.392 e. The molecule has 1 aromatic rings. The van der Waals surface area contributed by atoms with Gasteiger partial charge in [-0.15, -0.1) is 0 Å². The van der Waals surface area contributed by atoms with E-state index in [1.165, 1.54) is 5.56 Å². The summed E-state index contributed by atoms with van der Waals surface area (Å²) in [5.74, 6) is 0. The van der Waals surface area contributed by atoms with E-state index in [1.54, 1.807) is 6.07 Å². The number of pyridine rings is 1. The third-order valence-electron chi connectivity index (χ3n) is 2.28. The van der Waals surface area contributed by atoms with Crippen molar-refractivity contribution in [3.8, 4) is 0 Å². The molecule has 12 heavy (non-hydrogen) atoms. The Labute approximate surface area is 76.2 Å². The Bertz CT molecular complexity index is 312. The van der Waals surface area contributed by atoms with Gasteiger partial charge in [0.05, 0.1) is 6.61 Å². The molecular weight excluding hydrogens is 174 g/mol. The quantitative estimate of drug-likeness (QED) is 0.673. The first kappa shape index (κ1) is 8.02. The average Bonchev–Trinajstić information content (AvgIpc) is 2.50. The number of aromatic nitrogens is 1. The Morgan fingerprint density at radius 2 is 2.33 bits per heavy atom. The van der Waals surface area contributed by atoms with Crippen molar-refractivity contribution >= 4 is 11.6 Å². The van der Waals surface area contributed by atoms with Crippen LogP contribution in [0.3, 0.4) is 0 Å². The standard InChI is InChI=1S/C9H10ClNO/c10-9-4-6(5-12)7-2-1-3-8(7)11-9/h4,12H,1-3,5H2. The molecule has 2 rings (SSSR count). The molecule has 0 aromatic carbocycles. The molecule has 0 radical (unpaired) electrons. The molecule has 1 N–H and O–H groups in total. The van der Waals surface area contributed by atoms with Crippen LogP contribution in [-0.4, -0.2) is 10.1 Å². The van der Waals surface area contributed by atoms with Gasteiger partial charge in [0.2, 0.25) is 0 Å². The smallest absolute Gasteiger partial charge is 0.129 e. The zero-order valence-electron chi connectivity index (χ0n) is 6.68. The number of hydrogen-bond acceptors (Lipinski definition) is 2. The van der Waals surface area contributed by atoms with Crippen LogP contribution >= 0.6 is 11.6 Å². The molecule has 0 saturated carbocycles. The van der Waals surface area contributed by atoms with E-state index in [0.29, 0.717) is 5.15 Å². The first-order valence-corrected chi connectivity index (χ1v) is 4.47. The normalized spacial score (nSPS) is 14.8. The first-order valence-electron chi connectivity index (χ1n) is 4.09. The number of aliphatic hydroxyl groups excluding tert-OH is 1. The Kier molecular flexibility index (Phi) is 2.03. The lowest BCUT2D eigenvalue weighted by Gasteiger charge is -2.04. The third kappa shape index (κ3) is 1.21. The molecule has 3 heteroatoms. The summed E-state index contributed by atoms with van der Waals surface area (Å²) in [4.78, 5) is 4.22. The molecule has 0 saturated heterocycles. The second kappa shape index (κ2) is 3.04. The van der Waals surface area contributed by atoms with Crippen LogP contribution < -0.4 is 0 Å². The molecule has 64 valence electrons. The predicted octanol–water partition coefficient (Wildman–Crippen LogP) is 1.72. The molecule has 1 aliphatic carbocycles. The zero-order valence-corrected chi connectivity index (χ0v) is 7.43. The first-order chi connectivity index (χ1) is 5.81. The Balaban J connectivity index is 2.55. The summed E-state index contributed by atoms with van der Waals surface area (Å²) >= 11 is 5.79. The van der Waals surface area contributed by atoms with Crippen LogP contribution in [0.4, 0.5) is 0 Å². The summed E-state index contributed by atoms with van der Waals surface area (Å²) in [7, 11) is 0. The van der Waals surface area contributed by atoms with Crippen LogP contribution in [0.1, 0.15) is 23.2 Å². The van der Waals surface area contributed by atoms with E-state index in [0.717, 1.165) is 30.5 Å². The highest BCUT2D eigenvalue weighted by Gasteiger charge is 2.16. The third-order valence-corrected chi connectivity index (χ3v) is 2.48. The van der Waals surface area contributed by atoms with Gasteiger partial charge in [0.1, 0.15) is 5.15 Å². The minimum Gasteiger partial charge on any atom is -0.392 e. The lowest BCUT2D eigenvalue weighted by molar-refractivity contribution is 0.280. The van der Waals surface area contributed by atoms with Crippen molar-refractivity contribution in [2.75, 3.05) is 0 Å². The molecule has 0 atom stereocenters. The highest BCUT2D eigenvalue weighted by Crippen LogP contribution is 2.25. The van der Waals surface area contributed by atoms with E-state index in [9.17, 15) is 0 Å². The van der Waals surface area contributed by atoms with Gasteiger partial charge in [0.15, 0.2) is 0 Å². The fourth-order valence-electron chi connectivity index (χ4n) is 1.73. The minimum absolute atomic E-state index is 0.0740. The second-order valence-corrected chi connectivity index (χ2v) is 3.43. The van der Waals surface area contributed by atoms with Crippen LogP contribution in [0, 0.1) is 0 Å². The summed E-state index contributed by atoms with van der Waals surface area (Å²) in [5.41, 5.74) is 3.23. The van der Waals surface area contributed by atoms with Crippen molar-refractivity contribution in [1.82, 2.24) is 4.98 Å². The van der Waals surface area contributed by atoms with Gasteiger partial charge in [-0.3, -0.25) is 0 Å². The number of nitrogens with zero attached hydrogens (tertiary/aromatic N) is 1. The number of fused-ring (bicyclic) bond motifs is 1. The number of rotatable bonds is 1. The molecule has 0 spiro atoms. The number of aliphatic hydroxyl groups is 1. The van der Waals surface area contributed by atoms with Crippen molar-refractivity contribution < 1.29 is 5.11 Å². The topological polar surface area (TPSA) is 33.1 Å². The van der Waals surface area contributed by atoms with E-state index < -0.39 is 0 Å². The van der Waals surface area contributed by atoms with Crippen LogP contribution in [-0.2, 0) is 19.4 Å². The molecule has 1 aromatic heterocycles. The maximum Gasteiger partial charge on any atom is 0.129 e. The lowest BCUT2D eigenvalue weighted by atomic mass is 10.1. The Morgan fingerprint density at radius 1 is 1.50 bits per heavy atom. The molecular formula is C9H10ClNO. The van der Waals surface area contributed by atoms with Crippen molar-refractivity contribution in [1.29, 1.82) is 0 Å². The molecule has 1 heterocycles. The number of halogens is 1. The van der Waals surface area contributed by atoms with Crippen LogP contribution in [0.15, 0.2) is 6.07 Å². The van der Waals surface area contributed by atoms with Crippen LogP contribution in [0.5, 0.6) is 0 Å². The molecule has 2 nitrogen and oxygen atoms in total. The van der Waals surface area contributed by atoms with Crippen molar-refractivity contribution in [3.63, 3.8) is 0 Å². The zero-order chi connectivity index (χ0) is 8.55. The van der Waals surface area contributed by atoms with Crippen molar-refractivity contribution in [2.24, 2.45) is 0 Å². The predicted molar refractivity (Wildman–Crippen MR) is 47.2 cm³/mol. The second-order valence-electron chi connectivity index (χ2n) is 3.04. The molecule has 0 aliphatic heterocycles. The summed E-state index contributed by atoms with van der Waals surface area (Å²) in [5, 5.41) is 9.54. The van der Waals surface area contributed by atoms with Crippen molar-refractivity contribution in [2.45, 2.75) is 25.9 Å². The highest BCUT2D eigenvalue weighted by atomic mass is 35.5. The monoisotopic (exact) mass is 183 g/mol.